The van der Waals surface area contributed by atoms with Gasteiger partial charge in [0.15, 0.2) is 0 Å². The third-order valence-electron chi connectivity index (χ3n) is 3.52. The summed E-state index contributed by atoms with van der Waals surface area (Å²) in [6.07, 6.45) is -2.14. The normalized spacial score (nSPS) is 18.2. The highest BCUT2D eigenvalue weighted by Crippen LogP contribution is 2.34. The quantitative estimate of drug-likeness (QED) is 0.712. The molecule has 0 amide bonds. The zero-order valence-electron chi connectivity index (χ0n) is 11.9. The fourth-order valence-electron chi connectivity index (χ4n) is 2.09. The Labute approximate surface area is 131 Å². The molecular formula is C15H19F4NOS. The largest absolute Gasteiger partial charge is 0.407 e. The maximum Gasteiger partial charge on any atom is 0.407 e. The van der Waals surface area contributed by atoms with Gasteiger partial charge < -0.3 is 5.11 Å². The molecule has 7 heteroatoms. The first-order chi connectivity index (χ1) is 10.4. The predicted molar refractivity (Wildman–Crippen MR) is 79.3 cm³/mol. The monoisotopic (exact) mass is 337 g/mol. The van der Waals surface area contributed by atoms with E-state index in [2.05, 4.69) is 5.32 Å². The molecule has 1 aromatic rings. The van der Waals surface area contributed by atoms with E-state index < -0.39 is 24.1 Å². The van der Waals surface area contributed by atoms with Crippen molar-refractivity contribution in [1.82, 2.24) is 5.32 Å². The smallest absolute Gasteiger partial charge is 0.395 e. The third-order valence-corrected chi connectivity index (χ3v) is 4.87. The summed E-state index contributed by atoms with van der Waals surface area (Å²) in [5.41, 5.74) is -0.0560. The van der Waals surface area contributed by atoms with E-state index in [1.807, 2.05) is 0 Å². The lowest BCUT2D eigenvalue weighted by Gasteiger charge is -2.27. The molecule has 0 aliphatic heterocycles. The van der Waals surface area contributed by atoms with Gasteiger partial charge in [-0.1, -0.05) is 12.1 Å². The highest BCUT2D eigenvalue weighted by molar-refractivity contribution is 7.99. The second kappa shape index (κ2) is 7.66. The van der Waals surface area contributed by atoms with Crippen molar-refractivity contribution in [3.8, 4) is 0 Å². The lowest BCUT2D eigenvalue weighted by atomic mass is 10.1. The van der Waals surface area contributed by atoms with Crippen LogP contribution in [0.3, 0.4) is 0 Å². The maximum absolute atomic E-state index is 13.2. The van der Waals surface area contributed by atoms with E-state index in [0.29, 0.717) is 11.7 Å². The predicted octanol–water partition coefficient (Wildman–Crippen LogP) is 3.52. The first-order valence-electron chi connectivity index (χ1n) is 7.17. The van der Waals surface area contributed by atoms with E-state index in [9.17, 15) is 22.7 Å². The summed E-state index contributed by atoms with van der Waals surface area (Å²) in [5.74, 6) is 1.44. The van der Waals surface area contributed by atoms with Crippen LogP contribution in [0.4, 0.5) is 17.6 Å². The van der Waals surface area contributed by atoms with Crippen LogP contribution in [0, 0.1) is 11.7 Å². The minimum Gasteiger partial charge on any atom is -0.395 e. The van der Waals surface area contributed by atoms with Gasteiger partial charge in [0.05, 0.1) is 6.61 Å². The van der Waals surface area contributed by atoms with Gasteiger partial charge in [-0.3, -0.25) is 5.32 Å². The van der Waals surface area contributed by atoms with Crippen LogP contribution < -0.4 is 5.32 Å². The van der Waals surface area contributed by atoms with E-state index in [0.717, 1.165) is 30.0 Å². The van der Waals surface area contributed by atoms with Crippen molar-refractivity contribution in [2.24, 2.45) is 5.92 Å². The van der Waals surface area contributed by atoms with E-state index in [-0.39, 0.29) is 12.2 Å². The summed E-state index contributed by atoms with van der Waals surface area (Å²) in [5, 5.41) is 11.8. The number of halogens is 4. The van der Waals surface area contributed by atoms with Gasteiger partial charge in [-0.2, -0.15) is 24.9 Å². The SMILES string of the molecule is OC[C@H](CSCC1CC1)N[C@@H](c1ccc(F)cc1)C(F)(F)F. The topological polar surface area (TPSA) is 32.3 Å². The van der Waals surface area contributed by atoms with Crippen LogP contribution >= 0.6 is 11.8 Å². The van der Waals surface area contributed by atoms with Gasteiger partial charge in [-0.25, -0.2) is 4.39 Å². The molecule has 2 N–H and O–H groups in total. The second-order valence-corrected chi connectivity index (χ2v) is 6.63. The van der Waals surface area contributed by atoms with Crippen molar-refractivity contribution in [1.29, 1.82) is 0 Å². The van der Waals surface area contributed by atoms with Crippen LogP contribution in [-0.4, -0.2) is 35.4 Å². The van der Waals surface area contributed by atoms with Gasteiger partial charge in [0.2, 0.25) is 0 Å². The van der Waals surface area contributed by atoms with Gasteiger partial charge in [0.1, 0.15) is 11.9 Å². The molecular weight excluding hydrogens is 318 g/mol. The molecule has 124 valence electrons. The molecule has 0 radical (unpaired) electrons. The number of hydrogen-bond acceptors (Lipinski definition) is 3. The minimum atomic E-state index is -4.51. The number of alkyl halides is 3. The van der Waals surface area contributed by atoms with Gasteiger partial charge in [-0.05, 0) is 42.2 Å². The molecule has 0 heterocycles. The Balaban J connectivity index is 1.99. The average Bonchev–Trinajstić information content (AvgIpc) is 3.27. The molecule has 1 fully saturated rings. The van der Waals surface area contributed by atoms with Crippen LogP contribution in [0.5, 0.6) is 0 Å². The summed E-state index contributed by atoms with van der Waals surface area (Å²) in [6.45, 7) is -0.370. The van der Waals surface area contributed by atoms with E-state index in [1.54, 1.807) is 11.8 Å². The molecule has 0 spiro atoms. The zero-order valence-corrected chi connectivity index (χ0v) is 12.8. The van der Waals surface area contributed by atoms with Crippen molar-refractivity contribution < 1.29 is 22.7 Å². The minimum absolute atomic E-state index is 0.0560. The Morgan fingerprint density at radius 2 is 1.86 bits per heavy atom. The van der Waals surface area contributed by atoms with Crippen molar-refractivity contribution in [2.75, 3.05) is 18.1 Å². The molecule has 2 rings (SSSR count). The van der Waals surface area contributed by atoms with Crippen molar-refractivity contribution in [2.45, 2.75) is 31.1 Å². The Morgan fingerprint density at radius 3 is 2.36 bits per heavy atom. The number of thioether (sulfide) groups is 1. The zero-order chi connectivity index (χ0) is 16.2. The van der Waals surface area contributed by atoms with Crippen LogP contribution in [0.25, 0.3) is 0 Å². The van der Waals surface area contributed by atoms with Crippen LogP contribution in [0.2, 0.25) is 0 Å². The number of benzene rings is 1. The van der Waals surface area contributed by atoms with Crippen LogP contribution in [0.1, 0.15) is 24.4 Å². The molecule has 0 unspecified atom stereocenters. The van der Waals surface area contributed by atoms with E-state index in [1.165, 1.54) is 12.8 Å². The molecule has 0 saturated heterocycles. The molecule has 1 aromatic carbocycles. The van der Waals surface area contributed by atoms with Crippen LogP contribution in [-0.2, 0) is 0 Å². The van der Waals surface area contributed by atoms with E-state index >= 15 is 0 Å². The first kappa shape index (κ1) is 17.6. The Morgan fingerprint density at radius 1 is 1.23 bits per heavy atom. The number of hydrogen-bond donors (Lipinski definition) is 2. The summed E-state index contributed by atoms with van der Waals surface area (Å²) in [4.78, 5) is 0. The van der Waals surface area contributed by atoms with E-state index in [4.69, 9.17) is 0 Å². The number of aliphatic hydroxyl groups is 1. The Hall–Kier alpha value is -0.790. The molecule has 2 atom stereocenters. The van der Waals surface area contributed by atoms with Crippen LogP contribution in [0.15, 0.2) is 24.3 Å². The lowest BCUT2D eigenvalue weighted by molar-refractivity contribution is -0.159. The summed E-state index contributed by atoms with van der Waals surface area (Å²) < 4.78 is 52.5. The van der Waals surface area contributed by atoms with Crippen molar-refractivity contribution >= 4 is 11.8 Å². The molecule has 2 nitrogen and oxygen atoms in total. The average molecular weight is 337 g/mol. The van der Waals surface area contributed by atoms with Gasteiger partial charge in [0, 0.05) is 11.8 Å². The number of nitrogens with one attached hydrogen (secondary N) is 1. The molecule has 0 bridgehead atoms. The third kappa shape index (κ3) is 5.44. The standard InChI is InChI=1S/C15H19F4NOS/c16-12-5-3-11(4-6-12)14(15(17,18)19)20-13(7-21)9-22-8-10-1-2-10/h3-6,10,13-14,20-21H,1-2,7-9H2/t13-,14+/m1/s1. The maximum atomic E-state index is 13.2. The Kier molecular flexibility index (Phi) is 6.11. The second-order valence-electron chi connectivity index (χ2n) is 5.55. The van der Waals surface area contributed by atoms with Crippen molar-refractivity contribution in [3.63, 3.8) is 0 Å². The summed E-state index contributed by atoms with van der Waals surface area (Å²) >= 11 is 1.56. The fourth-order valence-corrected chi connectivity index (χ4v) is 3.37. The van der Waals surface area contributed by atoms with Gasteiger partial charge in [-0.15, -0.1) is 0 Å². The van der Waals surface area contributed by atoms with Gasteiger partial charge in [0.25, 0.3) is 0 Å². The molecule has 0 aromatic heterocycles. The number of rotatable bonds is 8. The van der Waals surface area contributed by atoms with Gasteiger partial charge >= 0.3 is 6.18 Å². The summed E-state index contributed by atoms with van der Waals surface area (Å²) in [7, 11) is 0. The molecule has 22 heavy (non-hydrogen) atoms. The molecule has 1 aliphatic carbocycles. The molecule has 1 aliphatic rings. The highest BCUT2D eigenvalue weighted by atomic mass is 32.2. The Bertz CT molecular complexity index is 462. The first-order valence-corrected chi connectivity index (χ1v) is 8.32. The van der Waals surface area contributed by atoms with Crippen molar-refractivity contribution in [3.05, 3.63) is 35.6 Å². The fraction of sp³-hybridized carbons (Fsp3) is 0.600. The number of aliphatic hydroxyl groups excluding tert-OH is 1. The lowest BCUT2D eigenvalue weighted by Crippen LogP contribution is -2.43. The highest BCUT2D eigenvalue weighted by Gasteiger charge is 2.41. The summed E-state index contributed by atoms with van der Waals surface area (Å²) in [6, 6.07) is 1.68. The molecule has 1 saturated carbocycles.